The highest BCUT2D eigenvalue weighted by Crippen LogP contribution is 2.35. The number of benzene rings is 2. The minimum absolute atomic E-state index is 0.0177. The molecule has 3 atom stereocenters. The Morgan fingerprint density at radius 3 is 2.58 bits per heavy atom. The van der Waals surface area contributed by atoms with Gasteiger partial charge in [0.05, 0.1) is 48.4 Å². The Balaban J connectivity index is 1.42. The summed E-state index contributed by atoms with van der Waals surface area (Å²) < 4.78 is 8.74. The van der Waals surface area contributed by atoms with Crippen LogP contribution < -0.4 is 15.6 Å². The molecule has 10 heteroatoms. The molecular formula is C33H33ClN6O3. The van der Waals surface area contributed by atoms with Crippen molar-refractivity contribution in [2.45, 2.75) is 38.5 Å². The van der Waals surface area contributed by atoms with E-state index in [0.29, 0.717) is 17.1 Å². The molecule has 43 heavy (non-hydrogen) atoms. The number of halogens is 1. The van der Waals surface area contributed by atoms with Gasteiger partial charge in [-0.2, -0.15) is 5.10 Å². The van der Waals surface area contributed by atoms with E-state index in [9.17, 15) is 9.90 Å². The van der Waals surface area contributed by atoms with E-state index >= 15 is 0 Å². The Bertz CT molecular complexity index is 1820. The number of aliphatic hydroxyl groups excluding tert-OH is 1. The summed E-state index contributed by atoms with van der Waals surface area (Å²) in [5, 5.41) is 19.1. The molecule has 0 amide bonds. The van der Waals surface area contributed by atoms with E-state index in [0.717, 1.165) is 57.9 Å². The van der Waals surface area contributed by atoms with Crippen LogP contribution in [0.1, 0.15) is 37.9 Å². The SMILES string of the molecule is COc1ccc(-c2ccc(Cl)cc2-c2cc(=O)n([C@H]3CCC[C@@H](C)C(O)Nc4cnn(C)c4-c4ccnc3c4)cn2)cc1. The van der Waals surface area contributed by atoms with E-state index in [2.05, 4.69) is 10.4 Å². The molecule has 0 spiro atoms. The van der Waals surface area contributed by atoms with Crippen LogP contribution in [0.5, 0.6) is 5.75 Å². The lowest BCUT2D eigenvalue weighted by molar-refractivity contribution is 0.136. The van der Waals surface area contributed by atoms with E-state index in [1.165, 1.54) is 0 Å². The number of aromatic nitrogens is 5. The van der Waals surface area contributed by atoms with E-state index in [4.69, 9.17) is 26.3 Å². The summed E-state index contributed by atoms with van der Waals surface area (Å²) in [4.78, 5) is 23.3. The van der Waals surface area contributed by atoms with Gasteiger partial charge in [0.15, 0.2) is 0 Å². The summed E-state index contributed by atoms with van der Waals surface area (Å²) in [6.07, 6.45) is 6.53. The third-order valence-corrected chi connectivity index (χ3v) is 8.38. The van der Waals surface area contributed by atoms with Crippen LogP contribution in [0.2, 0.25) is 5.02 Å². The Morgan fingerprint density at radius 1 is 1.00 bits per heavy atom. The standard InChI is InChI=1S/C33H33ClN6O3/c1-20-5-4-6-30(28-15-22(13-14-35-28)32-29(38-33(20)42)18-37-39(32)2)40-19-36-27(17-31(40)41)26-16-23(34)9-12-25(26)21-7-10-24(43-3)11-8-21/h7-20,30,33,38,42H,4-6H2,1-3H3/t20-,30+,33?/m1/s1. The molecule has 9 nitrogen and oxygen atoms in total. The molecule has 0 saturated heterocycles. The molecule has 1 aliphatic heterocycles. The highest BCUT2D eigenvalue weighted by atomic mass is 35.5. The zero-order chi connectivity index (χ0) is 30.1. The molecule has 0 fully saturated rings. The van der Waals surface area contributed by atoms with Gasteiger partial charge in [0.2, 0.25) is 0 Å². The third-order valence-electron chi connectivity index (χ3n) is 8.14. The zero-order valence-electron chi connectivity index (χ0n) is 24.2. The zero-order valence-corrected chi connectivity index (χ0v) is 25.0. The molecule has 2 aromatic carbocycles. The van der Waals surface area contributed by atoms with Crippen molar-refractivity contribution in [3.05, 3.63) is 100 Å². The fraction of sp³-hybridized carbons (Fsp3) is 0.273. The van der Waals surface area contributed by atoms with Crippen LogP contribution in [-0.2, 0) is 7.05 Å². The van der Waals surface area contributed by atoms with Crippen LogP contribution in [0.25, 0.3) is 33.6 Å². The first-order valence-electron chi connectivity index (χ1n) is 14.3. The molecule has 6 rings (SSSR count). The number of hydrogen-bond donors (Lipinski definition) is 2. The normalized spacial score (nSPS) is 18.6. The van der Waals surface area contributed by atoms with Gasteiger partial charge in [-0.1, -0.05) is 43.1 Å². The quantitative estimate of drug-likeness (QED) is 0.255. The summed E-state index contributed by atoms with van der Waals surface area (Å²) in [5.74, 6) is 0.741. The van der Waals surface area contributed by atoms with Crippen LogP contribution in [-0.4, -0.2) is 42.8 Å². The van der Waals surface area contributed by atoms with Crippen LogP contribution in [0.3, 0.4) is 0 Å². The van der Waals surface area contributed by atoms with Gasteiger partial charge in [0, 0.05) is 41.4 Å². The average Bonchev–Trinajstić information content (AvgIpc) is 3.38. The van der Waals surface area contributed by atoms with Crippen molar-refractivity contribution in [3.63, 3.8) is 0 Å². The maximum Gasteiger partial charge on any atom is 0.254 e. The predicted octanol–water partition coefficient (Wildman–Crippen LogP) is 6.17. The Kier molecular flexibility index (Phi) is 8.01. The lowest BCUT2D eigenvalue weighted by Gasteiger charge is -2.25. The number of ether oxygens (including phenoxy) is 1. The molecule has 0 saturated carbocycles. The molecule has 2 N–H and O–H groups in total. The summed E-state index contributed by atoms with van der Waals surface area (Å²) in [5.41, 5.74) is 6.20. The highest BCUT2D eigenvalue weighted by Gasteiger charge is 2.24. The topological polar surface area (TPSA) is 107 Å². The van der Waals surface area contributed by atoms with Crippen molar-refractivity contribution in [1.29, 1.82) is 0 Å². The molecule has 4 heterocycles. The minimum atomic E-state index is -0.733. The van der Waals surface area contributed by atoms with Crippen molar-refractivity contribution >= 4 is 17.3 Å². The molecule has 2 bridgehead atoms. The Hall–Kier alpha value is -4.47. The average molecular weight is 597 g/mol. The van der Waals surface area contributed by atoms with Gasteiger partial charge in [-0.25, -0.2) is 4.98 Å². The van der Waals surface area contributed by atoms with Gasteiger partial charge < -0.3 is 15.2 Å². The van der Waals surface area contributed by atoms with Crippen molar-refractivity contribution in [1.82, 2.24) is 24.3 Å². The summed E-state index contributed by atoms with van der Waals surface area (Å²) in [6.45, 7) is 2.01. The van der Waals surface area contributed by atoms with Gasteiger partial charge in [-0.15, -0.1) is 0 Å². The Labute approximate surface area is 254 Å². The molecule has 0 radical (unpaired) electrons. The second-order valence-electron chi connectivity index (χ2n) is 11.0. The molecular weight excluding hydrogens is 564 g/mol. The monoisotopic (exact) mass is 596 g/mol. The minimum Gasteiger partial charge on any atom is -0.497 e. The van der Waals surface area contributed by atoms with Crippen molar-refractivity contribution in [2.24, 2.45) is 13.0 Å². The maximum absolute atomic E-state index is 13.8. The molecule has 220 valence electrons. The largest absolute Gasteiger partial charge is 0.497 e. The molecule has 1 unspecified atom stereocenters. The van der Waals surface area contributed by atoms with Crippen LogP contribution in [0, 0.1) is 5.92 Å². The van der Waals surface area contributed by atoms with Gasteiger partial charge >= 0.3 is 0 Å². The number of pyridine rings is 1. The number of rotatable bonds is 4. The molecule has 5 aromatic rings. The smallest absolute Gasteiger partial charge is 0.254 e. The lowest BCUT2D eigenvalue weighted by atomic mass is 9.96. The van der Waals surface area contributed by atoms with Crippen molar-refractivity contribution in [3.8, 4) is 39.4 Å². The maximum atomic E-state index is 13.8. The number of aryl methyl sites for hydroxylation is 1. The van der Waals surface area contributed by atoms with Gasteiger partial charge in [0.1, 0.15) is 12.0 Å². The third kappa shape index (κ3) is 5.78. The molecule has 3 aromatic heterocycles. The predicted molar refractivity (Wildman–Crippen MR) is 168 cm³/mol. The number of nitrogens with one attached hydrogen (secondary N) is 1. The lowest BCUT2D eigenvalue weighted by Crippen LogP contribution is -2.29. The van der Waals surface area contributed by atoms with Gasteiger partial charge in [-0.3, -0.25) is 19.0 Å². The molecule has 1 aliphatic rings. The highest BCUT2D eigenvalue weighted by molar-refractivity contribution is 6.31. The van der Waals surface area contributed by atoms with Crippen LogP contribution in [0.4, 0.5) is 5.69 Å². The fourth-order valence-corrected chi connectivity index (χ4v) is 5.90. The fourth-order valence-electron chi connectivity index (χ4n) is 5.73. The number of nitrogens with zero attached hydrogens (tertiary/aromatic N) is 5. The van der Waals surface area contributed by atoms with Crippen LogP contribution >= 0.6 is 11.6 Å². The number of anilines is 1. The van der Waals surface area contributed by atoms with Crippen molar-refractivity contribution < 1.29 is 9.84 Å². The van der Waals surface area contributed by atoms with Crippen LogP contribution in [0.15, 0.2) is 84.2 Å². The van der Waals surface area contributed by atoms with E-state index in [-0.39, 0.29) is 17.5 Å². The number of methoxy groups -OCH3 is 1. The Morgan fingerprint density at radius 2 is 1.81 bits per heavy atom. The first-order valence-corrected chi connectivity index (χ1v) is 14.7. The van der Waals surface area contributed by atoms with E-state index in [1.807, 2.05) is 68.6 Å². The first kappa shape index (κ1) is 28.6. The van der Waals surface area contributed by atoms with E-state index < -0.39 is 6.23 Å². The number of aliphatic hydroxyl groups is 1. The summed E-state index contributed by atoms with van der Waals surface area (Å²) in [6, 6.07) is 18.5. The second kappa shape index (κ2) is 12.0. The summed E-state index contributed by atoms with van der Waals surface area (Å²) >= 11 is 6.41. The van der Waals surface area contributed by atoms with Gasteiger partial charge in [-0.05, 0) is 60.4 Å². The second-order valence-corrected chi connectivity index (χ2v) is 11.4. The number of hydrogen-bond acceptors (Lipinski definition) is 7. The first-order chi connectivity index (χ1) is 20.8. The molecule has 0 aliphatic carbocycles. The summed E-state index contributed by atoms with van der Waals surface area (Å²) in [7, 11) is 3.50. The van der Waals surface area contributed by atoms with E-state index in [1.54, 1.807) is 41.1 Å². The van der Waals surface area contributed by atoms with Crippen molar-refractivity contribution in [2.75, 3.05) is 12.4 Å². The number of fused-ring (bicyclic) bond motifs is 4. The van der Waals surface area contributed by atoms with Gasteiger partial charge in [0.25, 0.3) is 5.56 Å².